The van der Waals surface area contributed by atoms with Crippen LogP contribution in [0.2, 0.25) is 0 Å². The molecule has 0 atom stereocenters. The number of aryl methyl sites for hydroxylation is 1. The topological polar surface area (TPSA) is 100 Å². The Morgan fingerprint density at radius 2 is 2.57 bits per heavy atom. The Kier molecular flexibility index (Phi) is 3.64. The van der Waals surface area contributed by atoms with E-state index in [1.807, 2.05) is 0 Å². The third kappa shape index (κ3) is 2.31. The van der Waals surface area contributed by atoms with E-state index in [9.17, 15) is 0 Å². The predicted molar refractivity (Wildman–Crippen MR) is 52.1 cm³/mol. The largest absolute Gasteiger partial charge is 0.396 e. The van der Waals surface area contributed by atoms with Crippen molar-refractivity contribution in [2.24, 2.45) is 4.99 Å². The summed E-state index contributed by atoms with van der Waals surface area (Å²) >= 11 is 0. The lowest BCUT2D eigenvalue weighted by atomic mass is 10.4. The van der Waals surface area contributed by atoms with E-state index in [1.165, 1.54) is 6.33 Å². The van der Waals surface area contributed by atoms with Crippen molar-refractivity contribution in [3.63, 3.8) is 0 Å². The van der Waals surface area contributed by atoms with E-state index in [2.05, 4.69) is 9.98 Å². The summed E-state index contributed by atoms with van der Waals surface area (Å²) in [7, 11) is 0. The molecule has 3 N–H and O–H groups in total. The number of imidazole rings is 1. The molecule has 0 bridgehead atoms. The number of hydrogen-bond acceptors (Lipinski definition) is 5. The number of nitriles is 1. The van der Waals surface area contributed by atoms with E-state index in [0.29, 0.717) is 24.6 Å². The van der Waals surface area contributed by atoms with Gasteiger partial charge in [-0.3, -0.25) is 0 Å². The van der Waals surface area contributed by atoms with Gasteiger partial charge in [0.15, 0.2) is 11.6 Å². The Labute approximate surface area is 81.3 Å². The maximum Gasteiger partial charge on any atom is 0.195 e. The van der Waals surface area contributed by atoms with Gasteiger partial charge in [0, 0.05) is 13.2 Å². The fraction of sp³-hybridized carbons (Fsp3) is 0.375. The zero-order valence-electron chi connectivity index (χ0n) is 7.59. The number of aliphatic hydroxyl groups is 1. The van der Waals surface area contributed by atoms with Crippen LogP contribution < -0.4 is 5.73 Å². The molecule has 0 radical (unpaired) electrons. The molecule has 6 heteroatoms. The second kappa shape index (κ2) is 4.99. The minimum Gasteiger partial charge on any atom is -0.396 e. The summed E-state index contributed by atoms with van der Waals surface area (Å²) < 4.78 is 1.68. The lowest BCUT2D eigenvalue weighted by Crippen LogP contribution is -2.02. The van der Waals surface area contributed by atoms with Crippen LogP contribution in [-0.4, -0.2) is 27.5 Å². The maximum atomic E-state index is 8.62. The number of nitrogen functional groups attached to an aromatic ring is 1. The molecule has 0 aliphatic carbocycles. The highest BCUT2D eigenvalue weighted by Crippen LogP contribution is 2.18. The van der Waals surface area contributed by atoms with Gasteiger partial charge in [0.05, 0.1) is 6.33 Å². The summed E-state index contributed by atoms with van der Waals surface area (Å²) in [5.74, 6) is 0.745. The Morgan fingerprint density at radius 3 is 3.21 bits per heavy atom. The van der Waals surface area contributed by atoms with E-state index in [0.717, 1.165) is 6.21 Å². The molecule has 1 aromatic rings. The number of rotatable bonds is 4. The van der Waals surface area contributed by atoms with Gasteiger partial charge in [-0.05, 0) is 6.42 Å². The molecule has 1 rings (SSSR count). The van der Waals surface area contributed by atoms with Crippen molar-refractivity contribution >= 4 is 17.9 Å². The number of aliphatic imine (C=N–C) groups is 1. The predicted octanol–water partition coefficient (Wildman–Crippen LogP) is 0.0736. The lowest BCUT2D eigenvalue weighted by Gasteiger charge is -2.01. The molecule has 0 unspecified atom stereocenters. The van der Waals surface area contributed by atoms with E-state index >= 15 is 0 Å². The average molecular weight is 193 g/mol. The summed E-state index contributed by atoms with van der Waals surface area (Å²) in [5.41, 5.74) is 5.68. The Bertz CT molecular complexity index is 362. The van der Waals surface area contributed by atoms with Crippen molar-refractivity contribution in [1.82, 2.24) is 9.55 Å². The fourth-order valence-corrected chi connectivity index (χ4v) is 0.990. The standard InChI is InChI=1S/C8H11N5O/c9-2-3-11-8-7(10)13(6-12-8)4-1-5-14/h3,6,14H,1,4-5,10H2/b11-3+. The number of aromatic nitrogens is 2. The monoisotopic (exact) mass is 193 g/mol. The summed E-state index contributed by atoms with van der Waals surface area (Å²) in [5, 5.41) is 16.9. The maximum absolute atomic E-state index is 8.62. The van der Waals surface area contributed by atoms with Gasteiger partial charge in [-0.15, -0.1) is 0 Å². The zero-order valence-corrected chi connectivity index (χ0v) is 7.59. The van der Waals surface area contributed by atoms with Crippen LogP contribution in [0.1, 0.15) is 6.42 Å². The van der Waals surface area contributed by atoms with Crippen molar-refractivity contribution in [3.05, 3.63) is 6.33 Å². The highest BCUT2D eigenvalue weighted by molar-refractivity contribution is 5.78. The average Bonchev–Trinajstić information content (AvgIpc) is 2.54. The van der Waals surface area contributed by atoms with Crippen LogP contribution in [0.25, 0.3) is 0 Å². The molecule has 0 saturated heterocycles. The molecule has 0 saturated carbocycles. The Balaban J connectivity index is 2.76. The van der Waals surface area contributed by atoms with Gasteiger partial charge in [0.2, 0.25) is 0 Å². The third-order valence-electron chi connectivity index (χ3n) is 1.66. The van der Waals surface area contributed by atoms with E-state index in [-0.39, 0.29) is 6.61 Å². The number of nitrogens with two attached hydrogens (primary N) is 1. The quantitative estimate of drug-likeness (QED) is 0.661. The first-order valence-electron chi connectivity index (χ1n) is 4.13. The number of nitrogens with zero attached hydrogens (tertiary/aromatic N) is 4. The summed E-state index contributed by atoms with van der Waals surface area (Å²) in [4.78, 5) is 7.66. The van der Waals surface area contributed by atoms with Crippen LogP contribution in [0.4, 0.5) is 11.6 Å². The normalized spacial score (nSPS) is 10.6. The third-order valence-corrected chi connectivity index (χ3v) is 1.66. The van der Waals surface area contributed by atoms with E-state index < -0.39 is 0 Å². The molecule has 6 nitrogen and oxygen atoms in total. The summed E-state index contributed by atoms with van der Waals surface area (Å²) in [6.07, 6.45) is 3.23. The molecular weight excluding hydrogens is 182 g/mol. The van der Waals surface area contributed by atoms with Crippen LogP contribution in [-0.2, 0) is 6.54 Å². The Hall–Kier alpha value is -1.87. The lowest BCUT2D eigenvalue weighted by molar-refractivity contribution is 0.280. The van der Waals surface area contributed by atoms with Crippen LogP contribution in [0.3, 0.4) is 0 Å². The highest BCUT2D eigenvalue weighted by Gasteiger charge is 2.04. The highest BCUT2D eigenvalue weighted by atomic mass is 16.3. The fourth-order valence-electron chi connectivity index (χ4n) is 0.990. The molecule has 14 heavy (non-hydrogen) atoms. The molecule has 0 spiro atoms. The van der Waals surface area contributed by atoms with Crippen molar-refractivity contribution in [3.8, 4) is 6.07 Å². The summed E-state index contributed by atoms with van der Waals surface area (Å²) in [6.45, 7) is 0.700. The van der Waals surface area contributed by atoms with Crippen molar-refractivity contribution in [1.29, 1.82) is 5.26 Å². The molecule has 0 amide bonds. The van der Waals surface area contributed by atoms with Crippen LogP contribution in [0, 0.1) is 11.3 Å². The first kappa shape index (κ1) is 10.2. The van der Waals surface area contributed by atoms with Crippen molar-refractivity contribution in [2.75, 3.05) is 12.3 Å². The zero-order chi connectivity index (χ0) is 10.4. The molecule has 0 aliphatic heterocycles. The van der Waals surface area contributed by atoms with Gasteiger partial charge in [-0.2, -0.15) is 5.26 Å². The first-order valence-corrected chi connectivity index (χ1v) is 4.13. The first-order chi connectivity index (χ1) is 6.79. The molecule has 0 fully saturated rings. The molecule has 74 valence electrons. The van der Waals surface area contributed by atoms with Crippen LogP contribution in [0.15, 0.2) is 11.3 Å². The minimum atomic E-state index is 0.106. The molecule has 1 heterocycles. The van der Waals surface area contributed by atoms with E-state index in [1.54, 1.807) is 10.6 Å². The van der Waals surface area contributed by atoms with Crippen LogP contribution >= 0.6 is 0 Å². The Morgan fingerprint density at radius 1 is 1.79 bits per heavy atom. The van der Waals surface area contributed by atoms with Gasteiger partial charge >= 0.3 is 0 Å². The molecular formula is C8H11N5O. The number of hydrogen-bond donors (Lipinski definition) is 2. The van der Waals surface area contributed by atoms with Gasteiger partial charge in [-0.1, -0.05) is 0 Å². The van der Waals surface area contributed by atoms with Gasteiger partial charge < -0.3 is 15.4 Å². The number of aliphatic hydroxyl groups excluding tert-OH is 1. The van der Waals surface area contributed by atoms with Gasteiger partial charge in [-0.25, -0.2) is 9.98 Å². The van der Waals surface area contributed by atoms with Crippen LogP contribution in [0.5, 0.6) is 0 Å². The molecule has 1 aromatic heterocycles. The second-order valence-corrected chi connectivity index (χ2v) is 2.61. The van der Waals surface area contributed by atoms with Crippen molar-refractivity contribution < 1.29 is 5.11 Å². The van der Waals surface area contributed by atoms with Crippen molar-refractivity contribution in [2.45, 2.75) is 13.0 Å². The second-order valence-electron chi connectivity index (χ2n) is 2.61. The number of anilines is 1. The van der Waals surface area contributed by atoms with Gasteiger partial charge in [0.1, 0.15) is 12.3 Å². The molecule has 0 aromatic carbocycles. The molecule has 0 aliphatic rings. The minimum absolute atomic E-state index is 0.106. The SMILES string of the molecule is N#C/C=N/c1ncn(CCCO)c1N. The summed E-state index contributed by atoms with van der Waals surface area (Å²) in [6, 6.07) is 1.76. The van der Waals surface area contributed by atoms with E-state index in [4.69, 9.17) is 16.1 Å². The van der Waals surface area contributed by atoms with Gasteiger partial charge in [0.25, 0.3) is 0 Å². The smallest absolute Gasteiger partial charge is 0.195 e.